The summed E-state index contributed by atoms with van der Waals surface area (Å²) in [7, 11) is 0. The van der Waals surface area contributed by atoms with E-state index in [1.807, 2.05) is 0 Å². The fourth-order valence-corrected chi connectivity index (χ4v) is 3.21. The Morgan fingerprint density at radius 1 is 0.955 bits per heavy atom. The van der Waals surface area contributed by atoms with E-state index in [0.29, 0.717) is 6.04 Å². The summed E-state index contributed by atoms with van der Waals surface area (Å²) >= 11 is 0. The molecule has 1 aliphatic heterocycles. The highest BCUT2D eigenvalue weighted by Gasteiger charge is 2.31. The lowest BCUT2D eigenvalue weighted by Crippen LogP contribution is -2.44. The van der Waals surface area contributed by atoms with Gasteiger partial charge in [-0.25, -0.2) is 0 Å². The third kappa shape index (κ3) is 2.99. The molecule has 114 valence electrons. The summed E-state index contributed by atoms with van der Waals surface area (Å²) in [6.45, 7) is 4.23. The molecular weight excluding hydrogens is 270 g/mol. The summed E-state index contributed by atoms with van der Waals surface area (Å²) in [5.74, 6) is 0. The molecule has 1 fully saturated rings. The SMILES string of the molecule is CCC(CO)=C1CN(C(c2ccccc2)c2ccccc2)C1. The highest BCUT2D eigenvalue weighted by molar-refractivity contribution is 5.35. The van der Waals surface area contributed by atoms with Crippen LogP contribution in [0.25, 0.3) is 0 Å². The molecule has 0 aliphatic carbocycles. The zero-order chi connectivity index (χ0) is 15.4. The van der Waals surface area contributed by atoms with Gasteiger partial charge in [-0.15, -0.1) is 0 Å². The van der Waals surface area contributed by atoms with Crippen molar-refractivity contribution < 1.29 is 5.11 Å². The van der Waals surface area contributed by atoms with Crippen molar-refractivity contribution in [3.05, 3.63) is 82.9 Å². The van der Waals surface area contributed by atoms with Crippen LogP contribution in [0.1, 0.15) is 30.5 Å². The molecule has 1 aliphatic rings. The Balaban J connectivity index is 1.88. The summed E-state index contributed by atoms with van der Waals surface area (Å²) in [5, 5.41) is 9.44. The average molecular weight is 293 g/mol. The molecule has 0 radical (unpaired) electrons. The van der Waals surface area contributed by atoms with Crippen LogP contribution in [0.2, 0.25) is 0 Å². The lowest BCUT2D eigenvalue weighted by Gasteiger charge is -2.42. The van der Waals surface area contributed by atoms with Crippen LogP contribution < -0.4 is 0 Å². The molecule has 0 bridgehead atoms. The highest BCUT2D eigenvalue weighted by Crippen LogP contribution is 2.35. The number of benzene rings is 2. The summed E-state index contributed by atoms with van der Waals surface area (Å²) in [5.41, 5.74) is 5.27. The van der Waals surface area contributed by atoms with Crippen LogP contribution in [0, 0.1) is 0 Å². The maximum absolute atomic E-state index is 9.44. The minimum absolute atomic E-state index is 0.195. The molecule has 2 nitrogen and oxygen atoms in total. The van der Waals surface area contributed by atoms with Crippen molar-refractivity contribution >= 4 is 0 Å². The molecule has 0 spiro atoms. The lowest BCUT2D eigenvalue weighted by atomic mass is 9.91. The predicted molar refractivity (Wildman–Crippen MR) is 90.7 cm³/mol. The van der Waals surface area contributed by atoms with E-state index in [1.165, 1.54) is 22.3 Å². The van der Waals surface area contributed by atoms with E-state index in [2.05, 4.69) is 72.5 Å². The van der Waals surface area contributed by atoms with Gasteiger partial charge in [0, 0.05) is 13.1 Å². The maximum Gasteiger partial charge on any atom is 0.0645 e. The molecule has 0 amide bonds. The molecule has 0 saturated carbocycles. The zero-order valence-electron chi connectivity index (χ0n) is 13.1. The van der Waals surface area contributed by atoms with Gasteiger partial charge in [0.2, 0.25) is 0 Å². The normalized spacial score (nSPS) is 15.0. The van der Waals surface area contributed by atoms with Crippen molar-refractivity contribution in [2.75, 3.05) is 19.7 Å². The molecule has 0 aromatic heterocycles. The van der Waals surface area contributed by atoms with E-state index in [9.17, 15) is 5.11 Å². The van der Waals surface area contributed by atoms with Gasteiger partial charge in [0.1, 0.15) is 0 Å². The van der Waals surface area contributed by atoms with Crippen molar-refractivity contribution in [2.24, 2.45) is 0 Å². The van der Waals surface area contributed by atoms with Crippen molar-refractivity contribution in [3.8, 4) is 0 Å². The number of nitrogens with zero attached hydrogens (tertiary/aromatic N) is 1. The maximum atomic E-state index is 9.44. The number of aliphatic hydroxyl groups is 1. The second-order valence-corrected chi connectivity index (χ2v) is 5.85. The molecule has 1 saturated heterocycles. The molecule has 0 atom stereocenters. The highest BCUT2D eigenvalue weighted by atomic mass is 16.3. The van der Waals surface area contributed by atoms with Gasteiger partial charge in [-0.2, -0.15) is 0 Å². The average Bonchev–Trinajstić information content (AvgIpc) is 2.55. The molecule has 1 heterocycles. The first-order valence-corrected chi connectivity index (χ1v) is 7.98. The third-order valence-electron chi connectivity index (χ3n) is 4.50. The summed E-state index contributed by atoms with van der Waals surface area (Å²) in [4.78, 5) is 2.48. The van der Waals surface area contributed by atoms with E-state index >= 15 is 0 Å². The van der Waals surface area contributed by atoms with Gasteiger partial charge in [-0.3, -0.25) is 4.90 Å². The van der Waals surface area contributed by atoms with Gasteiger partial charge in [-0.05, 0) is 28.7 Å². The van der Waals surface area contributed by atoms with E-state index in [1.54, 1.807) is 0 Å². The first-order chi connectivity index (χ1) is 10.8. The van der Waals surface area contributed by atoms with Crippen LogP contribution in [-0.2, 0) is 0 Å². The van der Waals surface area contributed by atoms with Crippen LogP contribution in [0.4, 0.5) is 0 Å². The Morgan fingerprint density at radius 2 is 1.45 bits per heavy atom. The zero-order valence-corrected chi connectivity index (χ0v) is 13.1. The van der Waals surface area contributed by atoms with Gasteiger partial charge in [0.15, 0.2) is 0 Å². The van der Waals surface area contributed by atoms with Crippen molar-refractivity contribution in [3.63, 3.8) is 0 Å². The molecule has 0 unspecified atom stereocenters. The Morgan fingerprint density at radius 3 is 1.86 bits per heavy atom. The Kier molecular flexibility index (Phi) is 4.71. The molecule has 3 rings (SSSR count). The Labute approximate surface area is 132 Å². The number of hydrogen-bond donors (Lipinski definition) is 1. The second-order valence-electron chi connectivity index (χ2n) is 5.85. The number of aliphatic hydroxyl groups excluding tert-OH is 1. The van der Waals surface area contributed by atoms with Crippen LogP contribution in [0.3, 0.4) is 0 Å². The molecule has 2 aromatic carbocycles. The largest absolute Gasteiger partial charge is 0.392 e. The van der Waals surface area contributed by atoms with Crippen LogP contribution in [-0.4, -0.2) is 29.7 Å². The quantitative estimate of drug-likeness (QED) is 0.848. The van der Waals surface area contributed by atoms with Crippen LogP contribution in [0.5, 0.6) is 0 Å². The van der Waals surface area contributed by atoms with Crippen LogP contribution in [0.15, 0.2) is 71.8 Å². The van der Waals surface area contributed by atoms with Gasteiger partial charge in [0.05, 0.1) is 12.6 Å². The number of hydrogen-bond acceptors (Lipinski definition) is 2. The molecule has 2 heteroatoms. The lowest BCUT2D eigenvalue weighted by molar-refractivity contribution is 0.195. The summed E-state index contributed by atoms with van der Waals surface area (Å²) < 4.78 is 0. The van der Waals surface area contributed by atoms with E-state index < -0.39 is 0 Å². The first kappa shape index (κ1) is 15.0. The van der Waals surface area contributed by atoms with Crippen molar-refractivity contribution in [1.29, 1.82) is 0 Å². The molecule has 1 N–H and O–H groups in total. The molecule has 22 heavy (non-hydrogen) atoms. The van der Waals surface area contributed by atoms with E-state index in [4.69, 9.17) is 0 Å². The minimum atomic E-state index is 0.195. The van der Waals surface area contributed by atoms with E-state index in [0.717, 1.165) is 19.5 Å². The Bertz CT molecular complexity index is 580. The van der Waals surface area contributed by atoms with Crippen molar-refractivity contribution in [2.45, 2.75) is 19.4 Å². The topological polar surface area (TPSA) is 23.5 Å². The second kappa shape index (κ2) is 6.91. The first-order valence-electron chi connectivity index (χ1n) is 7.98. The number of likely N-dealkylation sites (tertiary alicyclic amines) is 1. The predicted octanol–water partition coefficient (Wildman–Crippen LogP) is 3.79. The fourth-order valence-electron chi connectivity index (χ4n) is 3.21. The number of rotatable bonds is 5. The van der Waals surface area contributed by atoms with Gasteiger partial charge < -0.3 is 5.11 Å². The van der Waals surface area contributed by atoms with Gasteiger partial charge in [-0.1, -0.05) is 67.6 Å². The summed E-state index contributed by atoms with van der Waals surface area (Å²) in [6, 6.07) is 21.6. The molecular formula is C20H23NO. The standard InChI is InChI=1S/C20H23NO/c1-2-16(15-22)19-13-21(14-19)20(17-9-5-3-6-10-17)18-11-7-4-8-12-18/h3-12,20,22H,2,13-15H2,1H3. The smallest absolute Gasteiger partial charge is 0.0645 e. The fraction of sp³-hybridized carbons (Fsp3) is 0.300. The van der Waals surface area contributed by atoms with Crippen molar-refractivity contribution in [1.82, 2.24) is 4.90 Å². The van der Waals surface area contributed by atoms with Gasteiger partial charge >= 0.3 is 0 Å². The van der Waals surface area contributed by atoms with E-state index in [-0.39, 0.29) is 6.61 Å². The monoisotopic (exact) mass is 293 g/mol. The Hall–Kier alpha value is -1.90. The molecule has 2 aromatic rings. The minimum Gasteiger partial charge on any atom is -0.392 e. The third-order valence-corrected chi connectivity index (χ3v) is 4.50. The summed E-state index contributed by atoms with van der Waals surface area (Å²) in [6.07, 6.45) is 0.945. The van der Waals surface area contributed by atoms with Crippen LogP contribution >= 0.6 is 0 Å². The van der Waals surface area contributed by atoms with Gasteiger partial charge in [0.25, 0.3) is 0 Å².